The van der Waals surface area contributed by atoms with Crippen molar-refractivity contribution in [2.45, 2.75) is 14.7 Å². The number of aromatic hydroxyl groups is 2. The van der Waals surface area contributed by atoms with Gasteiger partial charge in [0.05, 0.1) is 33.1 Å². The maximum atomic E-state index is 12.3. The quantitative estimate of drug-likeness (QED) is 0.0194. The van der Waals surface area contributed by atoms with Crippen LogP contribution in [0.2, 0.25) is 0 Å². The number of aromatic nitrogens is 3. The van der Waals surface area contributed by atoms with Crippen LogP contribution in [0.15, 0.2) is 104 Å². The van der Waals surface area contributed by atoms with Crippen LogP contribution in [0.5, 0.6) is 11.8 Å². The normalized spacial score (nSPS) is 11.4. The van der Waals surface area contributed by atoms with Crippen LogP contribution < -0.4 is 72.5 Å². The molecule has 26 heteroatoms. The van der Waals surface area contributed by atoms with E-state index in [0.717, 1.165) is 6.07 Å². The second-order valence-electron chi connectivity index (χ2n) is 10.5. The molecule has 6 rings (SSSR count). The summed E-state index contributed by atoms with van der Waals surface area (Å²) in [4.78, 5) is 21.7. The first-order valence-corrected chi connectivity index (χ1v) is 17.8. The smallest absolute Gasteiger partial charge is 0.744 e. The number of hydrogen-bond donors (Lipinski definition) is 5. The third-order valence-corrected chi connectivity index (χ3v) is 9.51. The SMILES string of the molecule is O=C(O)c1ccccc1N=Nc1c(S(=O)(=O)[O-])cc2cc(S(=O)(=O)[O-])cc(Nc3nc(O)nc(Nc4cccc5cccc(SOO[O-])c45)n3)c2c1O.[Li+].[Li+].[Li+]. The third-order valence-electron chi connectivity index (χ3n) is 7.21. The summed E-state index contributed by atoms with van der Waals surface area (Å²) in [6.45, 7) is 0. The van der Waals surface area contributed by atoms with E-state index in [-0.39, 0.29) is 73.8 Å². The molecule has 0 aliphatic heterocycles. The molecule has 0 radical (unpaired) electrons. The standard InChI is InChI=1S/C30H21N7O13S3.3Li/c38-26-24-15(12-22(53(46,47)48)25(26)37-36-18-8-2-1-7-17(18)27(39)40)11-16(52(43,44)45)13-20(24)32-29-33-28(34-30(41)35-29)31-19-9-3-5-14-6-4-10-21(23(14)19)51-50-49-42;;;/h1-13,38,42H,(H,39,40)(H,43,44,45)(H,46,47,48)(H3,31,32,33,34,35,41);;;/q;3*+1/p-3. The number of azo groups is 1. The summed E-state index contributed by atoms with van der Waals surface area (Å²) in [7, 11) is -10.8. The van der Waals surface area contributed by atoms with E-state index in [1.807, 2.05) is 0 Å². The van der Waals surface area contributed by atoms with Crippen LogP contribution in [-0.4, -0.2) is 62.2 Å². The predicted octanol–water partition coefficient (Wildman–Crippen LogP) is -4.76. The van der Waals surface area contributed by atoms with Gasteiger partial charge >= 0.3 is 68.6 Å². The molecule has 0 aliphatic rings. The second kappa shape index (κ2) is 18.8. The zero-order chi connectivity index (χ0) is 38.1. The molecule has 5 N–H and O–H groups in total. The molecule has 0 amide bonds. The van der Waals surface area contributed by atoms with Crippen LogP contribution in [0.1, 0.15) is 10.4 Å². The van der Waals surface area contributed by atoms with Crippen molar-refractivity contribution in [3.63, 3.8) is 0 Å². The van der Waals surface area contributed by atoms with Gasteiger partial charge in [0, 0.05) is 21.4 Å². The van der Waals surface area contributed by atoms with Crippen molar-refractivity contribution in [1.82, 2.24) is 15.0 Å². The Balaban J connectivity index is 0.00000280. The molecular weight excluding hydrogens is 783 g/mol. The monoisotopic (exact) mass is 801 g/mol. The van der Waals surface area contributed by atoms with Gasteiger partial charge in [0.2, 0.25) is 11.9 Å². The number of carbonyl (C=O) groups is 1. The molecule has 0 saturated carbocycles. The Bertz CT molecular complexity index is 2710. The van der Waals surface area contributed by atoms with Crippen molar-refractivity contribution in [2.24, 2.45) is 10.2 Å². The van der Waals surface area contributed by atoms with Gasteiger partial charge in [-0.1, -0.05) is 36.4 Å². The van der Waals surface area contributed by atoms with Crippen molar-refractivity contribution < 1.29 is 117 Å². The zero-order valence-electron chi connectivity index (χ0n) is 28.9. The molecule has 56 heavy (non-hydrogen) atoms. The number of nitrogens with zero attached hydrogens (tertiary/aromatic N) is 5. The fraction of sp³-hybridized carbons (Fsp3) is 0. The van der Waals surface area contributed by atoms with Gasteiger partial charge in [-0.3, -0.25) is 5.04 Å². The number of aromatic carboxylic acids is 1. The Labute approximate surface area is 355 Å². The summed E-state index contributed by atoms with van der Waals surface area (Å²) in [5.41, 5.74) is -1.75. The van der Waals surface area contributed by atoms with Crippen molar-refractivity contribution >= 4 is 94.4 Å². The molecule has 0 atom stereocenters. The molecule has 6 aromatic rings. The summed E-state index contributed by atoms with van der Waals surface area (Å²) in [6, 6.07) is 16.4. The Morgan fingerprint density at radius 1 is 0.750 bits per heavy atom. The van der Waals surface area contributed by atoms with Gasteiger partial charge in [-0.05, 0) is 53.2 Å². The van der Waals surface area contributed by atoms with Gasteiger partial charge in [-0.25, -0.2) is 21.6 Å². The number of hydrogen-bond acceptors (Lipinski definition) is 20. The van der Waals surface area contributed by atoms with E-state index in [1.165, 1.54) is 24.3 Å². The number of benzene rings is 5. The minimum atomic E-state index is -5.50. The van der Waals surface area contributed by atoms with E-state index in [9.17, 15) is 51.3 Å². The largest absolute Gasteiger partial charge is 1.00 e. The van der Waals surface area contributed by atoms with E-state index in [2.05, 4.69) is 45.2 Å². The number of phenolic OH excluding ortho intramolecular Hbond substituents is 1. The topological polar surface area (TPSA) is 321 Å². The summed E-state index contributed by atoms with van der Waals surface area (Å²) in [6.07, 6.45) is 0. The Morgan fingerprint density at radius 3 is 2.02 bits per heavy atom. The van der Waals surface area contributed by atoms with Gasteiger partial charge in [-0.15, -0.1) is 10.2 Å². The first-order valence-electron chi connectivity index (χ1n) is 14.3. The molecule has 5 aromatic carbocycles. The molecule has 0 unspecified atom stereocenters. The molecule has 1 heterocycles. The van der Waals surface area contributed by atoms with E-state index in [1.54, 1.807) is 36.4 Å². The van der Waals surface area contributed by atoms with Crippen LogP contribution in [0, 0.1) is 0 Å². The van der Waals surface area contributed by atoms with E-state index < -0.39 is 75.9 Å². The molecule has 272 valence electrons. The van der Waals surface area contributed by atoms with Crippen LogP contribution >= 0.6 is 12.0 Å². The van der Waals surface area contributed by atoms with Gasteiger partial charge in [0.25, 0.3) is 0 Å². The fourth-order valence-corrected chi connectivity index (χ4v) is 6.81. The van der Waals surface area contributed by atoms with Crippen molar-refractivity contribution in [1.29, 1.82) is 0 Å². The van der Waals surface area contributed by atoms with Crippen LogP contribution in [0.4, 0.5) is 34.6 Å². The summed E-state index contributed by atoms with van der Waals surface area (Å²) in [5.74, 6) is -3.32. The number of fused-ring (bicyclic) bond motifs is 2. The van der Waals surface area contributed by atoms with Gasteiger partial charge < -0.3 is 40.3 Å². The van der Waals surface area contributed by atoms with Crippen molar-refractivity contribution in [3.05, 3.63) is 84.4 Å². The zero-order valence-corrected chi connectivity index (χ0v) is 31.3. The molecule has 0 aliphatic carbocycles. The van der Waals surface area contributed by atoms with Crippen molar-refractivity contribution in [2.75, 3.05) is 10.6 Å². The Hall–Kier alpha value is -4.26. The van der Waals surface area contributed by atoms with Crippen molar-refractivity contribution in [3.8, 4) is 11.8 Å². The minimum absolute atomic E-state index is 0. The number of nitrogens with one attached hydrogen (secondary N) is 2. The average Bonchev–Trinajstić information content (AvgIpc) is 3.09. The number of carboxylic acid groups (broad SMARTS) is 1. The summed E-state index contributed by atoms with van der Waals surface area (Å²) >= 11 is 0.610. The predicted molar refractivity (Wildman–Crippen MR) is 179 cm³/mol. The average molecular weight is 802 g/mol. The molecule has 1 aromatic heterocycles. The molecule has 0 fully saturated rings. The third kappa shape index (κ3) is 10.2. The number of carboxylic acids is 1. The van der Waals surface area contributed by atoms with E-state index >= 15 is 0 Å². The Morgan fingerprint density at radius 2 is 1.39 bits per heavy atom. The van der Waals surface area contributed by atoms with Gasteiger partial charge in [-0.2, -0.15) is 19.3 Å². The number of phenols is 1. The van der Waals surface area contributed by atoms with Gasteiger partial charge in [0.1, 0.15) is 31.6 Å². The molecule has 0 saturated heterocycles. The first-order chi connectivity index (χ1) is 25.1. The maximum Gasteiger partial charge on any atom is 1.00 e. The molecule has 0 bridgehead atoms. The van der Waals surface area contributed by atoms with Gasteiger partial charge in [0.15, 0.2) is 5.75 Å². The van der Waals surface area contributed by atoms with Crippen LogP contribution in [0.25, 0.3) is 21.5 Å². The minimum Gasteiger partial charge on any atom is -0.744 e. The van der Waals surface area contributed by atoms with Crippen LogP contribution in [0.3, 0.4) is 0 Å². The van der Waals surface area contributed by atoms with Crippen LogP contribution in [-0.2, 0) is 29.6 Å². The fourth-order valence-electron chi connectivity index (χ4n) is 5.08. The second-order valence-corrected chi connectivity index (χ2v) is 14.0. The Kier molecular flexibility index (Phi) is 15.5. The molecule has 0 spiro atoms. The maximum absolute atomic E-state index is 12.3. The molecular formula is C30H18Li3N7O13S3. The van der Waals surface area contributed by atoms with E-state index in [0.29, 0.717) is 45.5 Å². The van der Waals surface area contributed by atoms with E-state index in [4.69, 9.17) is 0 Å². The first kappa shape index (κ1) is 46.1. The summed E-state index contributed by atoms with van der Waals surface area (Å²) < 4.78 is 77.9. The molecule has 20 nitrogen and oxygen atoms in total. The number of rotatable bonds is 12. The number of anilines is 4. The summed E-state index contributed by atoms with van der Waals surface area (Å²) in [5, 5.41) is 58.3.